The third-order valence-corrected chi connectivity index (χ3v) is 6.85. The maximum absolute atomic E-state index is 11.5. The van der Waals surface area contributed by atoms with Crippen molar-refractivity contribution >= 4 is 27.3 Å². The molecule has 3 aromatic rings. The van der Waals surface area contributed by atoms with Crippen molar-refractivity contribution in [1.82, 2.24) is 29.3 Å². The molecule has 0 bridgehead atoms. The summed E-state index contributed by atoms with van der Waals surface area (Å²) < 4.78 is 27.4. The Kier molecular flexibility index (Phi) is 5.52. The minimum atomic E-state index is -3.20. The first-order valence-corrected chi connectivity index (χ1v) is 13.0. The monoisotopic (exact) mass is 476 g/mol. The van der Waals surface area contributed by atoms with Gasteiger partial charge in [-0.3, -0.25) is 4.98 Å². The smallest absolute Gasteiger partial charge is 0.325 e. The molecule has 0 spiro atoms. The Morgan fingerprint density at radius 2 is 1.76 bits per heavy atom. The second-order valence-electron chi connectivity index (χ2n) is 9.02. The van der Waals surface area contributed by atoms with Gasteiger partial charge in [-0.25, -0.2) is 22.9 Å². The van der Waals surface area contributed by atoms with E-state index < -0.39 is 15.7 Å². The minimum Gasteiger partial charge on any atom is -0.493 e. The molecule has 2 fully saturated rings. The van der Waals surface area contributed by atoms with E-state index in [1.807, 2.05) is 6.07 Å². The molecule has 0 atom stereocenters. The molecule has 0 radical (unpaired) electrons. The number of imidazole rings is 1. The van der Waals surface area contributed by atoms with Crippen molar-refractivity contribution in [3.05, 3.63) is 34.0 Å². The highest BCUT2D eigenvalue weighted by molar-refractivity contribution is 7.88. The van der Waals surface area contributed by atoms with E-state index in [0.717, 1.165) is 49.9 Å². The average molecular weight is 477 g/mol. The van der Waals surface area contributed by atoms with Crippen LogP contribution in [0.5, 0.6) is 5.88 Å². The number of nitrogens with one attached hydrogen (secondary N) is 5. The maximum atomic E-state index is 11.5. The Bertz CT molecular complexity index is 1320. The predicted molar refractivity (Wildman–Crippen MR) is 123 cm³/mol. The topological polar surface area (TPSA) is 169 Å². The van der Waals surface area contributed by atoms with Gasteiger partial charge >= 0.3 is 5.69 Å². The minimum absolute atomic E-state index is 0.0294. The molecule has 13 heteroatoms. The molecule has 3 aromatic heterocycles. The van der Waals surface area contributed by atoms with Crippen LogP contribution in [0.4, 0.5) is 11.6 Å². The van der Waals surface area contributed by atoms with Crippen LogP contribution < -0.4 is 21.0 Å². The van der Waals surface area contributed by atoms with Gasteiger partial charge in [0.1, 0.15) is 11.6 Å². The molecule has 2 aliphatic carbocycles. The SMILES string of the molecule is CS(=O)(=O)NC1CCC(Nc2cc(NC3CC3)n3ncc(Cc4[nH]c(=O)[nH]c4O)c3n2)CC1. The molecule has 2 aliphatic rings. The summed E-state index contributed by atoms with van der Waals surface area (Å²) >= 11 is 0. The number of aromatic hydroxyl groups is 1. The van der Waals surface area contributed by atoms with E-state index in [1.54, 1.807) is 10.7 Å². The van der Waals surface area contributed by atoms with Crippen molar-refractivity contribution in [3.8, 4) is 5.88 Å². The van der Waals surface area contributed by atoms with E-state index in [9.17, 15) is 18.3 Å². The van der Waals surface area contributed by atoms with Gasteiger partial charge in [-0.2, -0.15) is 9.61 Å². The standard InChI is InChI=1S/C20H28N8O4S/c1-33(31,32)27-14-6-4-12(5-7-14)22-16-9-17(23-13-2-3-13)28-18(25-16)11(10-21-28)8-15-19(29)26-20(30)24-15/h9-10,12-14,23,27,29H,2-8H2,1H3,(H,22,25)(H2,24,26,30). The highest BCUT2D eigenvalue weighted by atomic mass is 32.2. The van der Waals surface area contributed by atoms with Crippen LogP contribution in [0.15, 0.2) is 17.1 Å². The molecular weight excluding hydrogens is 448 g/mol. The Labute approximate surface area is 190 Å². The molecule has 5 rings (SSSR count). The van der Waals surface area contributed by atoms with E-state index in [1.165, 1.54) is 6.26 Å². The summed E-state index contributed by atoms with van der Waals surface area (Å²) in [6.07, 6.45) is 8.55. The van der Waals surface area contributed by atoms with Crippen molar-refractivity contribution in [2.24, 2.45) is 0 Å². The largest absolute Gasteiger partial charge is 0.493 e. The molecule has 0 aliphatic heterocycles. The number of H-pyrrole nitrogens is 2. The van der Waals surface area contributed by atoms with Gasteiger partial charge in [0.15, 0.2) is 5.65 Å². The predicted octanol–water partition coefficient (Wildman–Crippen LogP) is 0.889. The molecule has 33 heavy (non-hydrogen) atoms. The van der Waals surface area contributed by atoms with Crippen LogP contribution >= 0.6 is 0 Å². The van der Waals surface area contributed by atoms with Crippen LogP contribution in [0.2, 0.25) is 0 Å². The number of rotatable bonds is 8. The van der Waals surface area contributed by atoms with Crippen molar-refractivity contribution in [1.29, 1.82) is 0 Å². The summed E-state index contributed by atoms with van der Waals surface area (Å²) in [6, 6.07) is 2.51. The number of fused-ring (bicyclic) bond motifs is 1. The highest BCUT2D eigenvalue weighted by Crippen LogP contribution is 2.29. The lowest BCUT2D eigenvalue weighted by molar-refractivity contribution is 0.387. The normalized spacial score (nSPS) is 21.4. The van der Waals surface area contributed by atoms with Gasteiger partial charge < -0.3 is 20.7 Å². The Morgan fingerprint density at radius 1 is 1.09 bits per heavy atom. The molecule has 0 saturated heterocycles. The zero-order valence-corrected chi connectivity index (χ0v) is 19.1. The summed E-state index contributed by atoms with van der Waals surface area (Å²) in [7, 11) is -3.20. The van der Waals surface area contributed by atoms with Crippen LogP contribution in [-0.4, -0.2) is 62.5 Å². The quantitative estimate of drug-likeness (QED) is 0.278. The fourth-order valence-electron chi connectivity index (χ4n) is 4.34. The number of nitrogens with zero attached hydrogens (tertiary/aromatic N) is 3. The van der Waals surface area contributed by atoms with Gasteiger partial charge in [0.05, 0.1) is 18.1 Å². The fraction of sp³-hybridized carbons (Fsp3) is 0.550. The molecule has 0 unspecified atom stereocenters. The van der Waals surface area contributed by atoms with E-state index in [2.05, 4.69) is 30.4 Å². The number of anilines is 2. The molecule has 178 valence electrons. The van der Waals surface area contributed by atoms with Gasteiger partial charge in [-0.05, 0) is 38.5 Å². The fourth-order valence-corrected chi connectivity index (χ4v) is 5.18. The number of aromatic amines is 2. The summed E-state index contributed by atoms with van der Waals surface area (Å²) in [5.74, 6) is 1.35. The summed E-state index contributed by atoms with van der Waals surface area (Å²) in [5.41, 5.74) is 1.32. The summed E-state index contributed by atoms with van der Waals surface area (Å²) in [4.78, 5) is 21.2. The van der Waals surface area contributed by atoms with Crippen molar-refractivity contribution < 1.29 is 13.5 Å². The first kappa shape index (κ1) is 21.8. The second kappa shape index (κ2) is 8.37. The van der Waals surface area contributed by atoms with Crippen LogP contribution in [0.25, 0.3) is 5.65 Å². The summed E-state index contributed by atoms with van der Waals surface area (Å²) in [5, 5.41) is 21.4. The lowest BCUT2D eigenvalue weighted by Gasteiger charge is -2.29. The van der Waals surface area contributed by atoms with Gasteiger partial charge in [0.2, 0.25) is 15.9 Å². The van der Waals surface area contributed by atoms with Gasteiger partial charge in [-0.1, -0.05) is 0 Å². The van der Waals surface area contributed by atoms with Crippen molar-refractivity contribution in [3.63, 3.8) is 0 Å². The van der Waals surface area contributed by atoms with Crippen LogP contribution in [0, 0.1) is 0 Å². The summed E-state index contributed by atoms with van der Waals surface area (Å²) in [6.45, 7) is 0. The van der Waals surface area contributed by atoms with E-state index in [4.69, 9.17) is 4.98 Å². The van der Waals surface area contributed by atoms with E-state index in [0.29, 0.717) is 23.2 Å². The van der Waals surface area contributed by atoms with Gasteiger partial charge in [0, 0.05) is 36.2 Å². The number of hydrogen-bond donors (Lipinski definition) is 6. The maximum Gasteiger partial charge on any atom is 0.325 e. The second-order valence-corrected chi connectivity index (χ2v) is 10.8. The highest BCUT2D eigenvalue weighted by Gasteiger charge is 2.26. The Balaban J connectivity index is 1.38. The van der Waals surface area contributed by atoms with Crippen LogP contribution in [0.1, 0.15) is 49.8 Å². The number of hydrogen-bond acceptors (Lipinski definition) is 8. The first-order valence-electron chi connectivity index (χ1n) is 11.1. The zero-order chi connectivity index (χ0) is 23.2. The van der Waals surface area contributed by atoms with Crippen LogP contribution in [-0.2, 0) is 16.4 Å². The van der Waals surface area contributed by atoms with Crippen molar-refractivity contribution in [2.45, 2.75) is 63.1 Å². The Morgan fingerprint density at radius 3 is 2.39 bits per heavy atom. The molecule has 3 heterocycles. The van der Waals surface area contributed by atoms with Crippen molar-refractivity contribution in [2.75, 3.05) is 16.9 Å². The molecule has 2 saturated carbocycles. The van der Waals surface area contributed by atoms with E-state index in [-0.39, 0.29) is 24.4 Å². The molecule has 6 N–H and O–H groups in total. The Hall–Kier alpha value is -3.06. The molecule has 0 amide bonds. The lowest BCUT2D eigenvalue weighted by Crippen LogP contribution is -2.39. The third-order valence-electron chi connectivity index (χ3n) is 6.08. The average Bonchev–Trinajstić information content (AvgIpc) is 3.37. The lowest BCUT2D eigenvalue weighted by atomic mass is 9.92. The van der Waals surface area contributed by atoms with Gasteiger partial charge in [-0.15, -0.1) is 0 Å². The number of aromatic nitrogens is 5. The first-order chi connectivity index (χ1) is 15.7. The van der Waals surface area contributed by atoms with E-state index >= 15 is 0 Å². The third kappa shape index (κ3) is 5.14. The molecule has 0 aromatic carbocycles. The number of sulfonamides is 1. The van der Waals surface area contributed by atoms with Gasteiger partial charge in [0.25, 0.3) is 0 Å². The zero-order valence-electron chi connectivity index (χ0n) is 18.3. The molecular formula is C20H28N8O4S. The molecule has 12 nitrogen and oxygen atoms in total. The van der Waals surface area contributed by atoms with Crippen LogP contribution in [0.3, 0.4) is 0 Å².